The van der Waals surface area contributed by atoms with Crippen molar-refractivity contribution in [3.05, 3.63) is 55.6 Å². The molecule has 0 saturated heterocycles. The zero-order valence-corrected chi connectivity index (χ0v) is 9.94. The molecular weight excluding hydrogens is 223 g/mol. The summed E-state index contributed by atoms with van der Waals surface area (Å²) in [6.45, 7) is 7.23. The smallest absolute Gasteiger partial charge is 0.383 e. The molecule has 1 aromatic carbocycles. The Hall–Kier alpha value is -1.31. The largest absolute Gasteiger partial charge is 0.424 e. The van der Waals surface area contributed by atoms with Crippen LogP contribution >= 0.6 is 7.60 Å². The third-order valence-electron chi connectivity index (χ3n) is 1.73. The summed E-state index contributed by atoms with van der Waals surface area (Å²) >= 11 is 0. The lowest BCUT2D eigenvalue weighted by molar-refractivity contribution is 0.296. The fraction of sp³-hybridized carbons (Fsp3) is 0.167. The van der Waals surface area contributed by atoms with E-state index in [2.05, 4.69) is 13.2 Å². The average Bonchev–Trinajstić information content (AvgIpc) is 2.28. The first-order valence-corrected chi connectivity index (χ1v) is 6.63. The van der Waals surface area contributed by atoms with Crippen LogP contribution in [0.2, 0.25) is 0 Å². The van der Waals surface area contributed by atoms with E-state index in [-0.39, 0.29) is 12.8 Å². The molecule has 4 heteroatoms. The number of para-hydroxylation sites is 1. The van der Waals surface area contributed by atoms with Crippen LogP contribution in [0.3, 0.4) is 0 Å². The van der Waals surface area contributed by atoms with Gasteiger partial charge in [0.25, 0.3) is 0 Å². The van der Waals surface area contributed by atoms with Crippen LogP contribution < -0.4 is 4.52 Å². The Morgan fingerprint density at radius 3 is 2.44 bits per heavy atom. The molecule has 0 aliphatic heterocycles. The fourth-order valence-electron chi connectivity index (χ4n) is 1.08. The molecule has 0 saturated carbocycles. The molecule has 0 aliphatic carbocycles. The number of benzene rings is 1. The van der Waals surface area contributed by atoms with E-state index in [0.29, 0.717) is 5.75 Å². The highest BCUT2D eigenvalue weighted by atomic mass is 31.2. The van der Waals surface area contributed by atoms with Crippen LogP contribution in [0.4, 0.5) is 0 Å². The standard InChI is InChI=1S/C12H15O3P/c1-3-10-14-16(13,11-4-2)15-12-8-6-5-7-9-12/h3-9H,1-2,10-11H2. The number of rotatable bonds is 7. The molecule has 0 spiro atoms. The highest BCUT2D eigenvalue weighted by Crippen LogP contribution is 2.48. The van der Waals surface area contributed by atoms with Gasteiger partial charge >= 0.3 is 7.60 Å². The van der Waals surface area contributed by atoms with Crippen molar-refractivity contribution in [2.75, 3.05) is 12.8 Å². The van der Waals surface area contributed by atoms with Gasteiger partial charge in [0.05, 0.1) is 12.8 Å². The van der Waals surface area contributed by atoms with Crippen LogP contribution in [-0.2, 0) is 9.09 Å². The Morgan fingerprint density at radius 1 is 1.19 bits per heavy atom. The predicted octanol–water partition coefficient (Wildman–Crippen LogP) is 3.65. The Bertz CT molecular complexity index is 387. The summed E-state index contributed by atoms with van der Waals surface area (Å²) < 4.78 is 22.7. The maximum Gasteiger partial charge on any atom is 0.383 e. The normalized spacial score (nSPS) is 13.8. The van der Waals surface area contributed by atoms with Crippen LogP contribution in [0, 0.1) is 0 Å². The molecule has 0 aliphatic rings. The van der Waals surface area contributed by atoms with E-state index in [1.807, 2.05) is 6.07 Å². The molecule has 0 fully saturated rings. The zero-order valence-electron chi connectivity index (χ0n) is 9.04. The second-order valence-electron chi connectivity index (χ2n) is 3.07. The number of allylic oxidation sites excluding steroid dienone is 1. The Balaban J connectivity index is 2.74. The Labute approximate surface area is 95.9 Å². The van der Waals surface area contributed by atoms with E-state index in [1.165, 1.54) is 12.2 Å². The highest BCUT2D eigenvalue weighted by Gasteiger charge is 2.23. The van der Waals surface area contributed by atoms with Crippen molar-refractivity contribution < 1.29 is 13.6 Å². The first-order chi connectivity index (χ1) is 7.70. The molecule has 0 amide bonds. The third kappa shape index (κ3) is 4.05. The van der Waals surface area contributed by atoms with Gasteiger partial charge in [0.2, 0.25) is 0 Å². The topological polar surface area (TPSA) is 35.5 Å². The number of hydrogen-bond donors (Lipinski definition) is 0. The summed E-state index contributed by atoms with van der Waals surface area (Å²) in [6.07, 6.45) is 3.23. The van der Waals surface area contributed by atoms with Crippen LogP contribution in [-0.4, -0.2) is 12.8 Å². The van der Waals surface area contributed by atoms with Gasteiger partial charge < -0.3 is 4.52 Å². The Kier molecular flexibility index (Phi) is 5.03. The van der Waals surface area contributed by atoms with Crippen LogP contribution in [0.5, 0.6) is 5.75 Å². The van der Waals surface area contributed by atoms with Gasteiger partial charge in [0.15, 0.2) is 0 Å². The second kappa shape index (κ2) is 6.31. The molecule has 86 valence electrons. The lowest BCUT2D eigenvalue weighted by Crippen LogP contribution is -2.01. The summed E-state index contributed by atoms with van der Waals surface area (Å²) in [6, 6.07) is 8.93. The van der Waals surface area contributed by atoms with E-state index < -0.39 is 7.60 Å². The lowest BCUT2D eigenvalue weighted by Gasteiger charge is -2.17. The molecule has 3 nitrogen and oxygen atoms in total. The van der Waals surface area contributed by atoms with Gasteiger partial charge in [-0.3, -0.25) is 4.52 Å². The molecule has 1 aromatic rings. The summed E-state index contributed by atoms with van der Waals surface area (Å²) in [5, 5.41) is 0. The molecule has 0 aromatic heterocycles. The molecule has 0 N–H and O–H groups in total. The van der Waals surface area contributed by atoms with Crippen LogP contribution in [0.25, 0.3) is 0 Å². The van der Waals surface area contributed by atoms with Gasteiger partial charge in [0, 0.05) is 0 Å². The summed E-state index contributed by atoms with van der Waals surface area (Å²) in [4.78, 5) is 0. The van der Waals surface area contributed by atoms with Crippen LogP contribution in [0.15, 0.2) is 55.6 Å². The quantitative estimate of drug-likeness (QED) is 0.537. The Morgan fingerprint density at radius 2 is 1.88 bits per heavy atom. The van der Waals surface area contributed by atoms with Gasteiger partial charge in [-0.2, -0.15) is 0 Å². The van der Waals surface area contributed by atoms with Gasteiger partial charge in [-0.25, -0.2) is 4.57 Å². The molecule has 0 bridgehead atoms. The summed E-state index contributed by atoms with van der Waals surface area (Å²) in [5.41, 5.74) is 0. The van der Waals surface area contributed by atoms with Crippen molar-refractivity contribution in [3.8, 4) is 5.75 Å². The van der Waals surface area contributed by atoms with Crippen molar-refractivity contribution in [2.45, 2.75) is 0 Å². The molecule has 16 heavy (non-hydrogen) atoms. The fourth-order valence-corrected chi connectivity index (χ4v) is 2.41. The predicted molar refractivity (Wildman–Crippen MR) is 65.9 cm³/mol. The van der Waals surface area contributed by atoms with E-state index in [1.54, 1.807) is 24.3 Å². The van der Waals surface area contributed by atoms with Crippen molar-refractivity contribution in [2.24, 2.45) is 0 Å². The average molecular weight is 238 g/mol. The van der Waals surface area contributed by atoms with E-state index >= 15 is 0 Å². The minimum atomic E-state index is -3.15. The van der Waals surface area contributed by atoms with Crippen LogP contribution in [0.1, 0.15) is 0 Å². The van der Waals surface area contributed by atoms with Gasteiger partial charge in [-0.15, -0.1) is 13.2 Å². The van der Waals surface area contributed by atoms with E-state index in [0.717, 1.165) is 0 Å². The summed E-state index contributed by atoms with van der Waals surface area (Å²) in [5.74, 6) is 0.525. The van der Waals surface area contributed by atoms with Gasteiger partial charge in [-0.1, -0.05) is 30.4 Å². The SMILES string of the molecule is C=CCOP(=O)(CC=C)Oc1ccccc1. The molecule has 0 radical (unpaired) electrons. The van der Waals surface area contributed by atoms with Crippen molar-refractivity contribution in [1.82, 2.24) is 0 Å². The molecular formula is C12H15O3P. The minimum absolute atomic E-state index is 0.176. The minimum Gasteiger partial charge on any atom is -0.424 e. The first-order valence-electron chi connectivity index (χ1n) is 4.90. The molecule has 1 atom stereocenters. The van der Waals surface area contributed by atoms with Gasteiger partial charge in [-0.05, 0) is 12.1 Å². The zero-order chi connectivity index (χ0) is 11.9. The molecule has 1 unspecified atom stereocenters. The summed E-state index contributed by atoms with van der Waals surface area (Å²) in [7, 11) is -3.15. The maximum absolute atomic E-state index is 12.2. The van der Waals surface area contributed by atoms with E-state index in [4.69, 9.17) is 9.05 Å². The van der Waals surface area contributed by atoms with Gasteiger partial charge in [0.1, 0.15) is 5.75 Å². The highest BCUT2D eigenvalue weighted by molar-refractivity contribution is 7.54. The maximum atomic E-state index is 12.2. The number of hydrogen-bond acceptors (Lipinski definition) is 3. The molecule has 1 rings (SSSR count). The molecule has 0 heterocycles. The first kappa shape index (κ1) is 12.8. The van der Waals surface area contributed by atoms with Crippen molar-refractivity contribution in [1.29, 1.82) is 0 Å². The monoisotopic (exact) mass is 238 g/mol. The van der Waals surface area contributed by atoms with Crippen molar-refractivity contribution in [3.63, 3.8) is 0 Å². The lowest BCUT2D eigenvalue weighted by atomic mass is 10.3. The second-order valence-corrected chi connectivity index (χ2v) is 5.10. The van der Waals surface area contributed by atoms with E-state index in [9.17, 15) is 4.57 Å². The third-order valence-corrected chi connectivity index (χ3v) is 3.47. The van der Waals surface area contributed by atoms with Crippen molar-refractivity contribution >= 4 is 7.60 Å².